The molecule has 11 nitrogen and oxygen atoms in total. The molecule has 0 aliphatic carbocycles. The molecular formula is C26H27F9N4O7. The first-order chi connectivity index (χ1) is 21.1. The number of halogens is 9. The number of carbonyl (C=O) groups excluding carboxylic acids is 1. The van der Waals surface area contributed by atoms with E-state index in [-0.39, 0.29) is 5.41 Å². The van der Waals surface area contributed by atoms with Crippen LogP contribution in [0.15, 0.2) is 48.9 Å². The zero-order valence-electron chi connectivity index (χ0n) is 23.4. The van der Waals surface area contributed by atoms with Crippen LogP contribution in [0.2, 0.25) is 0 Å². The van der Waals surface area contributed by atoms with Crippen molar-refractivity contribution >= 4 is 23.8 Å². The van der Waals surface area contributed by atoms with E-state index in [4.69, 9.17) is 29.7 Å². The van der Waals surface area contributed by atoms with Gasteiger partial charge in [0.15, 0.2) is 0 Å². The maximum absolute atomic E-state index is 13.1. The molecule has 3 N–H and O–H groups in total. The number of piperidine rings is 1. The summed E-state index contributed by atoms with van der Waals surface area (Å²) < 4.78 is 95.2. The summed E-state index contributed by atoms with van der Waals surface area (Å²) in [5.74, 6) is -7.95. The fraction of sp³-hybridized carbons (Fsp3) is 0.462. The summed E-state index contributed by atoms with van der Waals surface area (Å²) in [6.07, 6.45) is -6.73. The second kappa shape index (κ2) is 16.7. The van der Waals surface area contributed by atoms with E-state index in [1.807, 2.05) is 41.6 Å². The minimum absolute atomic E-state index is 0.199. The first-order valence-corrected chi connectivity index (χ1v) is 12.8. The van der Waals surface area contributed by atoms with E-state index in [1.54, 1.807) is 6.20 Å². The number of rotatable bonds is 4. The van der Waals surface area contributed by atoms with Crippen molar-refractivity contribution in [3.63, 3.8) is 0 Å². The lowest BCUT2D eigenvalue weighted by molar-refractivity contribution is -0.193. The van der Waals surface area contributed by atoms with E-state index in [2.05, 4.69) is 20.9 Å². The van der Waals surface area contributed by atoms with Gasteiger partial charge in [-0.3, -0.25) is 19.7 Å². The SMILES string of the molecule is O=C(O)C(F)(F)F.O=C(O)C(F)(F)F.O=C(O)C(F)(F)F.O=C1N(Cc2cccnc2)CCC12CCCN(Cc1ccccn1)C2. The Balaban J connectivity index is 0.000000413. The van der Waals surface area contributed by atoms with E-state index in [0.29, 0.717) is 12.5 Å². The smallest absolute Gasteiger partial charge is 0.475 e. The predicted octanol–water partition coefficient (Wildman–Crippen LogP) is 4.39. The number of aliphatic carboxylic acids is 3. The van der Waals surface area contributed by atoms with Crippen molar-refractivity contribution in [3.05, 3.63) is 60.2 Å². The van der Waals surface area contributed by atoms with Crippen molar-refractivity contribution in [3.8, 4) is 0 Å². The van der Waals surface area contributed by atoms with Crippen LogP contribution in [0.3, 0.4) is 0 Å². The summed E-state index contributed by atoms with van der Waals surface area (Å²) in [6.45, 7) is 4.26. The van der Waals surface area contributed by atoms with Gasteiger partial charge in [-0.15, -0.1) is 0 Å². The fourth-order valence-electron chi connectivity index (χ4n) is 4.22. The highest BCUT2D eigenvalue weighted by Gasteiger charge is 2.48. The zero-order valence-corrected chi connectivity index (χ0v) is 23.4. The number of carboxylic acid groups (broad SMARTS) is 3. The minimum atomic E-state index is -5.08. The minimum Gasteiger partial charge on any atom is -0.475 e. The van der Waals surface area contributed by atoms with E-state index in [1.165, 1.54) is 0 Å². The van der Waals surface area contributed by atoms with Gasteiger partial charge in [-0.25, -0.2) is 14.4 Å². The number of aromatic nitrogens is 2. The van der Waals surface area contributed by atoms with Gasteiger partial charge in [0.2, 0.25) is 5.91 Å². The van der Waals surface area contributed by atoms with Crippen LogP contribution >= 0.6 is 0 Å². The Morgan fingerprint density at radius 3 is 1.74 bits per heavy atom. The van der Waals surface area contributed by atoms with Gasteiger partial charge in [-0.05, 0) is 49.6 Å². The maximum Gasteiger partial charge on any atom is 0.490 e. The van der Waals surface area contributed by atoms with Crippen molar-refractivity contribution < 1.29 is 74.0 Å². The van der Waals surface area contributed by atoms with Crippen LogP contribution in [0, 0.1) is 5.41 Å². The third-order valence-electron chi connectivity index (χ3n) is 6.19. The molecule has 2 aromatic heterocycles. The van der Waals surface area contributed by atoms with Crippen molar-refractivity contribution in [2.24, 2.45) is 5.41 Å². The quantitative estimate of drug-likeness (QED) is 0.396. The van der Waals surface area contributed by atoms with Gasteiger partial charge in [0.25, 0.3) is 0 Å². The second-order valence-electron chi connectivity index (χ2n) is 9.66. The standard InChI is InChI=1S/C20H24N4O.3C2HF3O2/c25-19-20(8-12-24(19)14-17-5-3-9-21-13-17)7-4-11-23(16-20)15-18-6-1-2-10-22-18;3*3-2(4,5)1(6)7/h1-3,5-6,9-10,13H,4,7-8,11-12,14-16H2;3*(H,6,7). The van der Waals surface area contributed by atoms with E-state index >= 15 is 0 Å². The van der Waals surface area contributed by atoms with Crippen LogP contribution in [-0.4, -0.2) is 97.1 Å². The Kier molecular flexibility index (Phi) is 14.4. The highest BCUT2D eigenvalue weighted by atomic mass is 19.4. The Bertz CT molecular complexity index is 1240. The van der Waals surface area contributed by atoms with Crippen LogP contribution in [0.5, 0.6) is 0 Å². The van der Waals surface area contributed by atoms with E-state index in [9.17, 15) is 44.3 Å². The predicted molar refractivity (Wildman–Crippen MR) is 137 cm³/mol. The lowest BCUT2D eigenvalue weighted by atomic mass is 9.78. The molecule has 20 heteroatoms. The maximum atomic E-state index is 13.1. The Morgan fingerprint density at radius 2 is 1.30 bits per heavy atom. The molecular weight excluding hydrogens is 651 g/mol. The van der Waals surface area contributed by atoms with Gasteiger partial charge in [-0.2, -0.15) is 39.5 Å². The number of likely N-dealkylation sites (tertiary alicyclic amines) is 2. The summed E-state index contributed by atoms with van der Waals surface area (Å²) in [4.78, 5) is 52.8. The Morgan fingerprint density at radius 1 is 0.761 bits per heavy atom. The molecule has 46 heavy (non-hydrogen) atoms. The second-order valence-corrected chi connectivity index (χ2v) is 9.66. The number of pyridine rings is 2. The number of carbonyl (C=O) groups is 4. The highest BCUT2D eigenvalue weighted by molar-refractivity contribution is 5.85. The van der Waals surface area contributed by atoms with E-state index in [0.717, 1.165) is 56.7 Å². The van der Waals surface area contributed by atoms with Gasteiger partial charge in [0, 0.05) is 44.8 Å². The molecule has 2 aliphatic heterocycles. The molecule has 4 heterocycles. The summed E-state index contributed by atoms with van der Waals surface area (Å²) in [5.41, 5.74) is 1.99. The molecule has 0 saturated carbocycles. The monoisotopic (exact) mass is 678 g/mol. The molecule has 1 spiro atoms. The molecule has 1 atom stereocenters. The summed E-state index contributed by atoms with van der Waals surface area (Å²) >= 11 is 0. The number of nitrogens with zero attached hydrogens (tertiary/aromatic N) is 4. The molecule has 2 fully saturated rings. The van der Waals surface area contributed by atoms with Gasteiger partial charge in [0.05, 0.1) is 11.1 Å². The molecule has 4 rings (SSSR count). The third kappa shape index (κ3) is 13.7. The number of alkyl halides is 9. The van der Waals surface area contributed by atoms with Crippen molar-refractivity contribution in [2.75, 3.05) is 19.6 Å². The molecule has 2 saturated heterocycles. The Hall–Kier alpha value is -4.49. The van der Waals surface area contributed by atoms with Crippen molar-refractivity contribution in [1.82, 2.24) is 19.8 Å². The number of hydrogen-bond donors (Lipinski definition) is 3. The van der Waals surface area contributed by atoms with E-state index < -0.39 is 36.4 Å². The van der Waals surface area contributed by atoms with Crippen molar-refractivity contribution in [1.29, 1.82) is 0 Å². The lowest BCUT2D eigenvalue weighted by Gasteiger charge is -2.39. The molecule has 1 amide bonds. The average molecular weight is 679 g/mol. The molecule has 2 aromatic rings. The topological polar surface area (TPSA) is 161 Å². The van der Waals surface area contributed by atoms with Crippen LogP contribution in [0.1, 0.15) is 30.5 Å². The zero-order chi connectivity index (χ0) is 35.3. The largest absolute Gasteiger partial charge is 0.490 e. The summed E-state index contributed by atoms with van der Waals surface area (Å²) in [7, 11) is 0. The fourth-order valence-corrected chi connectivity index (χ4v) is 4.22. The molecule has 256 valence electrons. The van der Waals surface area contributed by atoms with Gasteiger partial charge in [-0.1, -0.05) is 12.1 Å². The number of hydrogen-bond acceptors (Lipinski definition) is 7. The van der Waals surface area contributed by atoms with Gasteiger partial charge >= 0.3 is 36.4 Å². The van der Waals surface area contributed by atoms with Crippen LogP contribution in [0.25, 0.3) is 0 Å². The third-order valence-corrected chi connectivity index (χ3v) is 6.19. The van der Waals surface area contributed by atoms with Crippen LogP contribution < -0.4 is 0 Å². The number of amides is 1. The summed E-state index contributed by atoms with van der Waals surface area (Å²) in [6, 6.07) is 10.0. The normalized spacial score (nSPS) is 18.3. The molecule has 2 aliphatic rings. The average Bonchev–Trinajstić information content (AvgIpc) is 3.23. The molecule has 0 radical (unpaired) electrons. The van der Waals surface area contributed by atoms with Crippen molar-refractivity contribution in [2.45, 2.75) is 50.9 Å². The van der Waals surface area contributed by atoms with Gasteiger partial charge in [0.1, 0.15) is 0 Å². The first kappa shape index (κ1) is 39.5. The number of carboxylic acids is 3. The van der Waals surface area contributed by atoms with Crippen LogP contribution in [0.4, 0.5) is 39.5 Å². The highest BCUT2D eigenvalue weighted by Crippen LogP contribution is 2.41. The Labute approximate surface area is 254 Å². The van der Waals surface area contributed by atoms with Gasteiger partial charge < -0.3 is 20.2 Å². The van der Waals surface area contributed by atoms with Crippen LogP contribution in [-0.2, 0) is 32.3 Å². The molecule has 0 bridgehead atoms. The lowest BCUT2D eigenvalue weighted by Crippen LogP contribution is -2.47. The summed E-state index contributed by atoms with van der Waals surface area (Å²) in [5, 5.41) is 21.4. The molecule has 1 unspecified atom stereocenters. The molecule has 0 aromatic carbocycles. The first-order valence-electron chi connectivity index (χ1n) is 12.8.